The van der Waals surface area contributed by atoms with Crippen LogP contribution in [0.3, 0.4) is 0 Å². The standard InChI is InChI=1S/C28H24N4O2S/c1-20(27(33)29-22-13-4-2-5-14-22)35-28-31-30-26(32(28)23-15-6-3-7-16-23)19-34-25-18-10-12-21-11-8-9-17-24(21)25/h2-18,20H,19H2,1H3,(H,29,33). The smallest absolute Gasteiger partial charge is 0.237 e. The number of thioether (sulfide) groups is 1. The molecule has 5 aromatic rings. The molecule has 0 aliphatic heterocycles. The molecule has 0 aliphatic rings. The van der Waals surface area contributed by atoms with Gasteiger partial charge in [0.2, 0.25) is 5.91 Å². The summed E-state index contributed by atoms with van der Waals surface area (Å²) in [6, 6.07) is 33.4. The van der Waals surface area contributed by atoms with Crippen molar-refractivity contribution in [2.75, 3.05) is 5.32 Å². The van der Waals surface area contributed by atoms with Crippen LogP contribution in [0.4, 0.5) is 5.69 Å². The minimum Gasteiger partial charge on any atom is -0.485 e. The van der Waals surface area contributed by atoms with E-state index in [1.807, 2.05) is 102 Å². The highest BCUT2D eigenvalue weighted by Crippen LogP contribution is 2.29. The van der Waals surface area contributed by atoms with E-state index in [4.69, 9.17) is 4.74 Å². The number of hydrogen-bond acceptors (Lipinski definition) is 5. The first-order valence-electron chi connectivity index (χ1n) is 11.3. The fourth-order valence-corrected chi connectivity index (χ4v) is 4.63. The largest absolute Gasteiger partial charge is 0.485 e. The number of nitrogens with zero attached hydrogens (tertiary/aromatic N) is 3. The van der Waals surface area contributed by atoms with Crippen molar-refractivity contribution < 1.29 is 9.53 Å². The van der Waals surface area contributed by atoms with Crippen molar-refractivity contribution in [3.8, 4) is 11.4 Å². The molecule has 35 heavy (non-hydrogen) atoms. The lowest BCUT2D eigenvalue weighted by molar-refractivity contribution is -0.115. The van der Waals surface area contributed by atoms with Crippen LogP contribution in [0, 0.1) is 0 Å². The van der Waals surface area contributed by atoms with Gasteiger partial charge in [-0.05, 0) is 42.6 Å². The first-order chi connectivity index (χ1) is 17.2. The number of rotatable bonds is 8. The lowest BCUT2D eigenvalue weighted by Crippen LogP contribution is -2.22. The van der Waals surface area contributed by atoms with Gasteiger partial charge in [0.25, 0.3) is 0 Å². The zero-order valence-electron chi connectivity index (χ0n) is 19.2. The van der Waals surface area contributed by atoms with Gasteiger partial charge in [0.1, 0.15) is 12.4 Å². The molecular formula is C28H24N4O2S. The number of ether oxygens (including phenoxy) is 1. The van der Waals surface area contributed by atoms with E-state index in [-0.39, 0.29) is 17.8 Å². The van der Waals surface area contributed by atoms with Gasteiger partial charge in [-0.3, -0.25) is 9.36 Å². The number of fused-ring (bicyclic) bond motifs is 1. The van der Waals surface area contributed by atoms with Gasteiger partial charge in [-0.15, -0.1) is 10.2 Å². The molecule has 6 nitrogen and oxygen atoms in total. The highest BCUT2D eigenvalue weighted by Gasteiger charge is 2.21. The molecule has 0 fully saturated rings. The van der Waals surface area contributed by atoms with Crippen LogP contribution in [-0.4, -0.2) is 25.9 Å². The molecule has 0 saturated heterocycles. The average molecular weight is 481 g/mol. The number of carbonyl (C=O) groups is 1. The Balaban J connectivity index is 1.39. The van der Waals surface area contributed by atoms with E-state index in [0.29, 0.717) is 11.0 Å². The Hall–Kier alpha value is -4.10. The summed E-state index contributed by atoms with van der Waals surface area (Å²) in [6.07, 6.45) is 0. The maximum Gasteiger partial charge on any atom is 0.237 e. The predicted molar refractivity (Wildman–Crippen MR) is 140 cm³/mol. The first kappa shape index (κ1) is 22.7. The van der Waals surface area contributed by atoms with E-state index >= 15 is 0 Å². The SMILES string of the molecule is CC(Sc1nnc(COc2cccc3ccccc23)n1-c1ccccc1)C(=O)Nc1ccccc1. The second-order valence-corrected chi connectivity index (χ2v) is 9.26. The van der Waals surface area contributed by atoms with Crippen LogP contribution >= 0.6 is 11.8 Å². The third-order valence-electron chi connectivity index (χ3n) is 5.51. The van der Waals surface area contributed by atoms with Crippen LogP contribution in [-0.2, 0) is 11.4 Å². The molecule has 0 saturated carbocycles. The molecule has 1 amide bonds. The Morgan fingerprint density at radius 3 is 2.37 bits per heavy atom. The number of nitrogens with one attached hydrogen (secondary N) is 1. The van der Waals surface area contributed by atoms with Crippen LogP contribution in [0.1, 0.15) is 12.7 Å². The molecule has 1 N–H and O–H groups in total. The van der Waals surface area contributed by atoms with Crippen LogP contribution in [0.5, 0.6) is 5.75 Å². The van der Waals surface area contributed by atoms with Crippen molar-refractivity contribution in [1.29, 1.82) is 0 Å². The fourth-order valence-electron chi connectivity index (χ4n) is 3.75. The number of para-hydroxylation sites is 2. The molecule has 0 spiro atoms. The van der Waals surface area contributed by atoms with Crippen LogP contribution in [0.2, 0.25) is 0 Å². The van der Waals surface area contributed by atoms with E-state index in [2.05, 4.69) is 27.6 Å². The minimum absolute atomic E-state index is 0.0997. The summed E-state index contributed by atoms with van der Waals surface area (Å²) in [7, 11) is 0. The first-order valence-corrected chi connectivity index (χ1v) is 12.2. The zero-order chi connectivity index (χ0) is 24.0. The maximum atomic E-state index is 12.8. The van der Waals surface area contributed by atoms with Gasteiger partial charge in [0.05, 0.1) is 5.25 Å². The van der Waals surface area contributed by atoms with E-state index in [9.17, 15) is 4.79 Å². The second kappa shape index (κ2) is 10.4. The fraction of sp³-hybridized carbons (Fsp3) is 0.107. The topological polar surface area (TPSA) is 69.0 Å². The van der Waals surface area contributed by atoms with E-state index in [1.54, 1.807) is 0 Å². The molecule has 4 aromatic carbocycles. The molecule has 5 rings (SSSR count). The average Bonchev–Trinajstić information content (AvgIpc) is 3.30. The third-order valence-corrected chi connectivity index (χ3v) is 6.56. The Labute approximate surface area is 208 Å². The van der Waals surface area contributed by atoms with Crippen LogP contribution in [0.15, 0.2) is 108 Å². The number of aromatic nitrogens is 3. The summed E-state index contributed by atoms with van der Waals surface area (Å²) in [6.45, 7) is 2.10. The summed E-state index contributed by atoms with van der Waals surface area (Å²) in [5, 5.41) is 14.2. The molecule has 0 radical (unpaired) electrons. The third kappa shape index (κ3) is 5.20. The quantitative estimate of drug-likeness (QED) is 0.271. The minimum atomic E-state index is -0.381. The molecule has 0 bridgehead atoms. The van der Waals surface area contributed by atoms with Crippen molar-refractivity contribution in [2.45, 2.75) is 23.9 Å². The molecule has 1 atom stereocenters. The molecule has 1 unspecified atom stereocenters. The molecule has 7 heteroatoms. The summed E-state index contributed by atoms with van der Waals surface area (Å²) in [4.78, 5) is 12.8. The van der Waals surface area contributed by atoms with Gasteiger partial charge in [-0.1, -0.05) is 84.6 Å². The molecule has 1 heterocycles. The second-order valence-electron chi connectivity index (χ2n) is 7.95. The summed E-state index contributed by atoms with van der Waals surface area (Å²) < 4.78 is 8.15. The highest BCUT2D eigenvalue weighted by atomic mass is 32.2. The maximum absolute atomic E-state index is 12.8. The molecule has 174 valence electrons. The van der Waals surface area contributed by atoms with Gasteiger partial charge < -0.3 is 10.1 Å². The number of hydrogen-bond donors (Lipinski definition) is 1. The van der Waals surface area contributed by atoms with E-state index in [1.165, 1.54) is 11.8 Å². The zero-order valence-corrected chi connectivity index (χ0v) is 20.0. The van der Waals surface area contributed by atoms with Gasteiger partial charge in [0.15, 0.2) is 11.0 Å². The molecule has 0 aliphatic carbocycles. The Morgan fingerprint density at radius 2 is 1.57 bits per heavy atom. The highest BCUT2D eigenvalue weighted by molar-refractivity contribution is 8.00. The predicted octanol–water partition coefficient (Wildman–Crippen LogP) is 6.12. The van der Waals surface area contributed by atoms with Crippen molar-refractivity contribution in [2.24, 2.45) is 0 Å². The Bertz CT molecular complexity index is 1430. The number of carbonyl (C=O) groups excluding carboxylic acids is 1. The van der Waals surface area contributed by atoms with Gasteiger partial charge in [-0.25, -0.2) is 0 Å². The van der Waals surface area contributed by atoms with Crippen molar-refractivity contribution in [3.05, 3.63) is 109 Å². The lowest BCUT2D eigenvalue weighted by atomic mass is 10.1. The normalized spacial score (nSPS) is 11.8. The summed E-state index contributed by atoms with van der Waals surface area (Å²) in [5.74, 6) is 1.34. The van der Waals surface area contributed by atoms with Crippen molar-refractivity contribution in [1.82, 2.24) is 14.8 Å². The van der Waals surface area contributed by atoms with Gasteiger partial charge in [0, 0.05) is 16.8 Å². The molecule has 1 aromatic heterocycles. The van der Waals surface area contributed by atoms with E-state index < -0.39 is 0 Å². The van der Waals surface area contributed by atoms with E-state index in [0.717, 1.165) is 27.9 Å². The summed E-state index contributed by atoms with van der Waals surface area (Å²) >= 11 is 1.36. The molecular weight excluding hydrogens is 456 g/mol. The number of anilines is 1. The Morgan fingerprint density at radius 1 is 0.886 bits per heavy atom. The van der Waals surface area contributed by atoms with Crippen LogP contribution < -0.4 is 10.1 Å². The lowest BCUT2D eigenvalue weighted by Gasteiger charge is -2.14. The van der Waals surface area contributed by atoms with Gasteiger partial charge in [-0.2, -0.15) is 0 Å². The Kier molecular flexibility index (Phi) is 6.77. The van der Waals surface area contributed by atoms with Gasteiger partial charge >= 0.3 is 0 Å². The van der Waals surface area contributed by atoms with Crippen LogP contribution in [0.25, 0.3) is 16.5 Å². The number of benzene rings is 4. The summed E-state index contributed by atoms with van der Waals surface area (Å²) in [5.41, 5.74) is 1.67. The monoisotopic (exact) mass is 480 g/mol. The van der Waals surface area contributed by atoms with Crippen molar-refractivity contribution >= 4 is 34.1 Å². The number of amides is 1. The van der Waals surface area contributed by atoms with Crippen molar-refractivity contribution in [3.63, 3.8) is 0 Å².